The van der Waals surface area contributed by atoms with Crippen LogP contribution < -0.4 is 0 Å². The molecule has 120 valence electrons. The zero-order chi connectivity index (χ0) is 16.3. The van der Waals surface area contributed by atoms with Gasteiger partial charge in [-0.3, -0.25) is 0 Å². The molecule has 0 aromatic heterocycles. The van der Waals surface area contributed by atoms with Gasteiger partial charge in [-0.1, -0.05) is 42.5 Å². The fourth-order valence-electron chi connectivity index (χ4n) is 2.74. The van der Waals surface area contributed by atoms with E-state index in [2.05, 4.69) is 0 Å². The monoisotopic (exact) mass is 318 g/mol. The molecule has 2 aromatic rings. The molecule has 1 nitrogen and oxygen atoms in total. The maximum Gasteiger partial charge on any atom is 0.416 e. The number of hydrogen-bond donors (Lipinski definition) is 0. The predicted octanol–water partition coefficient (Wildman–Crippen LogP) is 5.32. The second-order valence-corrected chi connectivity index (χ2v) is 5.57. The van der Waals surface area contributed by atoms with Crippen molar-refractivity contribution in [2.45, 2.75) is 25.1 Å². The number of benzene rings is 2. The van der Waals surface area contributed by atoms with Gasteiger partial charge in [0.1, 0.15) is 0 Å². The van der Waals surface area contributed by atoms with Crippen molar-refractivity contribution in [3.8, 4) is 0 Å². The summed E-state index contributed by atoms with van der Waals surface area (Å²) >= 11 is 0. The first-order chi connectivity index (χ1) is 11.0. The molecule has 0 aliphatic carbocycles. The average Bonchev–Trinajstić information content (AvgIpc) is 3.06. The summed E-state index contributed by atoms with van der Waals surface area (Å²) in [6, 6.07) is 15.0. The number of alkyl halides is 3. The van der Waals surface area contributed by atoms with Crippen molar-refractivity contribution < 1.29 is 17.9 Å². The van der Waals surface area contributed by atoms with E-state index in [1.807, 2.05) is 36.4 Å². The Morgan fingerprint density at radius 3 is 2.17 bits per heavy atom. The van der Waals surface area contributed by atoms with Crippen LogP contribution in [0.5, 0.6) is 0 Å². The van der Waals surface area contributed by atoms with Crippen molar-refractivity contribution in [3.63, 3.8) is 0 Å². The van der Waals surface area contributed by atoms with E-state index in [1.165, 1.54) is 12.1 Å². The quantitative estimate of drug-likeness (QED) is 0.744. The van der Waals surface area contributed by atoms with Gasteiger partial charge in [0.05, 0.1) is 11.7 Å². The third-order valence-electron chi connectivity index (χ3n) is 3.93. The van der Waals surface area contributed by atoms with E-state index in [0.717, 1.165) is 48.3 Å². The zero-order valence-corrected chi connectivity index (χ0v) is 12.5. The molecule has 0 radical (unpaired) electrons. The molecule has 1 aliphatic rings. The van der Waals surface area contributed by atoms with E-state index >= 15 is 0 Å². The lowest BCUT2D eigenvalue weighted by Crippen LogP contribution is -2.05. The van der Waals surface area contributed by atoms with Gasteiger partial charge in [0.15, 0.2) is 0 Å². The maximum atomic E-state index is 12.7. The first-order valence-electron chi connectivity index (χ1n) is 7.60. The van der Waals surface area contributed by atoms with Gasteiger partial charge >= 0.3 is 6.18 Å². The van der Waals surface area contributed by atoms with Gasteiger partial charge in [0.2, 0.25) is 0 Å². The van der Waals surface area contributed by atoms with Crippen LogP contribution in [0.2, 0.25) is 0 Å². The van der Waals surface area contributed by atoms with E-state index in [1.54, 1.807) is 0 Å². The average molecular weight is 318 g/mol. The molecule has 0 spiro atoms. The van der Waals surface area contributed by atoms with E-state index in [9.17, 15) is 13.2 Å². The highest BCUT2D eigenvalue weighted by Gasteiger charge is 2.30. The molecule has 0 bridgehead atoms. The largest absolute Gasteiger partial charge is 0.416 e. The summed E-state index contributed by atoms with van der Waals surface area (Å²) in [7, 11) is 0. The summed E-state index contributed by atoms with van der Waals surface area (Å²) < 4.78 is 43.9. The van der Waals surface area contributed by atoms with Crippen molar-refractivity contribution in [2.24, 2.45) is 0 Å². The molecule has 23 heavy (non-hydrogen) atoms. The van der Waals surface area contributed by atoms with Crippen LogP contribution >= 0.6 is 0 Å². The first kappa shape index (κ1) is 15.8. The summed E-state index contributed by atoms with van der Waals surface area (Å²) in [5.74, 6) is 0. The van der Waals surface area contributed by atoms with Crippen LogP contribution in [-0.4, -0.2) is 12.7 Å². The van der Waals surface area contributed by atoms with E-state index in [-0.39, 0.29) is 6.10 Å². The second-order valence-electron chi connectivity index (χ2n) is 5.57. The van der Waals surface area contributed by atoms with Gasteiger partial charge in [-0.15, -0.1) is 0 Å². The number of ether oxygens (including phenoxy) is 1. The second kappa shape index (κ2) is 6.59. The highest BCUT2D eigenvalue weighted by Crippen LogP contribution is 2.32. The molecule has 1 unspecified atom stereocenters. The Morgan fingerprint density at radius 1 is 0.957 bits per heavy atom. The van der Waals surface area contributed by atoms with Crippen LogP contribution in [0.4, 0.5) is 13.2 Å². The van der Waals surface area contributed by atoms with Crippen LogP contribution in [0.3, 0.4) is 0 Å². The lowest BCUT2D eigenvalue weighted by Gasteiger charge is -2.13. The van der Waals surface area contributed by atoms with Gasteiger partial charge in [-0.05, 0) is 47.8 Å². The molecule has 1 fully saturated rings. The van der Waals surface area contributed by atoms with Gasteiger partial charge in [-0.2, -0.15) is 13.2 Å². The SMILES string of the molecule is FC(F)(F)c1ccc(/C(=C/C2CCCO2)c2ccccc2)cc1. The Morgan fingerprint density at radius 2 is 1.61 bits per heavy atom. The summed E-state index contributed by atoms with van der Waals surface area (Å²) in [4.78, 5) is 0. The van der Waals surface area contributed by atoms with Crippen molar-refractivity contribution in [2.75, 3.05) is 6.61 Å². The molecule has 4 heteroatoms. The zero-order valence-electron chi connectivity index (χ0n) is 12.5. The highest BCUT2D eigenvalue weighted by atomic mass is 19.4. The van der Waals surface area contributed by atoms with Gasteiger partial charge in [-0.25, -0.2) is 0 Å². The minimum absolute atomic E-state index is 0.0208. The molecule has 1 atom stereocenters. The smallest absolute Gasteiger partial charge is 0.374 e. The Balaban J connectivity index is 1.98. The van der Waals surface area contributed by atoms with Crippen molar-refractivity contribution >= 4 is 5.57 Å². The fourth-order valence-corrected chi connectivity index (χ4v) is 2.74. The van der Waals surface area contributed by atoms with Gasteiger partial charge < -0.3 is 4.74 Å². The molecule has 0 N–H and O–H groups in total. The van der Waals surface area contributed by atoms with E-state index < -0.39 is 11.7 Å². The van der Waals surface area contributed by atoms with Gasteiger partial charge in [0.25, 0.3) is 0 Å². The Kier molecular flexibility index (Phi) is 4.53. The minimum Gasteiger partial charge on any atom is -0.374 e. The molecule has 1 heterocycles. The Bertz CT molecular complexity index is 666. The van der Waals surface area contributed by atoms with Crippen LogP contribution in [0.15, 0.2) is 60.7 Å². The third-order valence-corrected chi connectivity index (χ3v) is 3.93. The summed E-state index contributed by atoms with van der Waals surface area (Å²) in [5.41, 5.74) is 2.01. The number of halogens is 3. The standard InChI is InChI=1S/C19H17F3O/c20-19(21,22)16-10-8-15(9-11-16)18(13-17-7-4-12-23-17)14-5-2-1-3-6-14/h1-3,5-6,8-11,13,17H,4,7,12H2/b18-13+. The van der Waals surface area contributed by atoms with Gasteiger partial charge in [0, 0.05) is 6.61 Å². The Labute approximate surface area is 133 Å². The first-order valence-corrected chi connectivity index (χ1v) is 7.60. The molecule has 0 saturated carbocycles. The predicted molar refractivity (Wildman–Crippen MR) is 83.9 cm³/mol. The summed E-state index contributed by atoms with van der Waals surface area (Å²) in [6.07, 6.45) is -0.325. The van der Waals surface area contributed by atoms with Crippen molar-refractivity contribution in [1.29, 1.82) is 0 Å². The Hall–Kier alpha value is -2.07. The van der Waals surface area contributed by atoms with Crippen LogP contribution in [0.25, 0.3) is 5.57 Å². The highest BCUT2D eigenvalue weighted by molar-refractivity contribution is 5.80. The molecule has 3 rings (SSSR count). The number of hydrogen-bond acceptors (Lipinski definition) is 1. The summed E-state index contributed by atoms with van der Waals surface area (Å²) in [5, 5.41) is 0. The topological polar surface area (TPSA) is 9.23 Å². The maximum absolute atomic E-state index is 12.7. The van der Waals surface area contributed by atoms with E-state index in [4.69, 9.17) is 4.74 Å². The molecule has 1 aliphatic heterocycles. The fraction of sp³-hybridized carbons (Fsp3) is 0.263. The van der Waals surface area contributed by atoms with E-state index in [0.29, 0.717) is 0 Å². The summed E-state index contributed by atoms with van der Waals surface area (Å²) in [6.45, 7) is 0.732. The van der Waals surface area contributed by atoms with Crippen molar-refractivity contribution in [1.82, 2.24) is 0 Å². The van der Waals surface area contributed by atoms with Crippen LogP contribution in [0.1, 0.15) is 29.5 Å². The lowest BCUT2D eigenvalue weighted by molar-refractivity contribution is -0.137. The lowest BCUT2D eigenvalue weighted by atomic mass is 9.95. The van der Waals surface area contributed by atoms with Crippen LogP contribution in [0, 0.1) is 0 Å². The third kappa shape index (κ3) is 3.82. The molecule has 0 amide bonds. The van der Waals surface area contributed by atoms with Crippen molar-refractivity contribution in [3.05, 3.63) is 77.4 Å². The molecule has 1 saturated heterocycles. The number of rotatable bonds is 3. The normalized spacial score (nSPS) is 19.1. The molecular weight excluding hydrogens is 301 g/mol. The molecular formula is C19H17F3O. The van der Waals surface area contributed by atoms with Crippen LogP contribution in [-0.2, 0) is 10.9 Å². The minimum atomic E-state index is -4.32. The molecule has 2 aromatic carbocycles.